The van der Waals surface area contributed by atoms with Crippen LogP contribution in [0, 0.1) is 0 Å². The summed E-state index contributed by atoms with van der Waals surface area (Å²) < 4.78 is 11.0. The summed E-state index contributed by atoms with van der Waals surface area (Å²) in [6, 6.07) is 20.3. The van der Waals surface area contributed by atoms with Crippen LogP contribution in [0.3, 0.4) is 0 Å². The molecule has 0 unspecified atom stereocenters. The Bertz CT molecular complexity index is 1170. The van der Waals surface area contributed by atoms with Crippen molar-refractivity contribution in [2.75, 3.05) is 5.43 Å². The van der Waals surface area contributed by atoms with Crippen LogP contribution >= 0.6 is 11.3 Å². The highest BCUT2D eigenvalue weighted by Crippen LogP contribution is 2.24. The number of nitrogens with one attached hydrogen (secondary N) is 1. The molecule has 0 fully saturated rings. The van der Waals surface area contributed by atoms with Gasteiger partial charge >= 0.3 is 5.97 Å². The molecule has 30 heavy (non-hydrogen) atoms. The molecule has 0 radical (unpaired) electrons. The fraction of sp³-hybridized carbons (Fsp3) is 0.0455. The number of benzene rings is 2. The van der Waals surface area contributed by atoms with Crippen molar-refractivity contribution >= 4 is 28.7 Å². The maximum absolute atomic E-state index is 10.9. The van der Waals surface area contributed by atoms with Crippen molar-refractivity contribution in [2.24, 2.45) is 5.10 Å². The topological polar surface area (TPSA) is 97.0 Å². The van der Waals surface area contributed by atoms with Gasteiger partial charge in [0.15, 0.2) is 0 Å². The second-order valence-corrected chi connectivity index (χ2v) is 7.03. The minimum Gasteiger partial charge on any atom is -0.485 e. The lowest BCUT2D eigenvalue weighted by Crippen LogP contribution is -1.98. The second kappa shape index (κ2) is 9.06. The zero-order valence-corrected chi connectivity index (χ0v) is 16.5. The monoisotopic (exact) mass is 419 g/mol. The van der Waals surface area contributed by atoms with Crippen molar-refractivity contribution in [3.05, 3.63) is 89.2 Å². The summed E-state index contributed by atoms with van der Waals surface area (Å²) in [6.07, 6.45) is 1.64. The maximum atomic E-state index is 10.9. The molecular weight excluding hydrogens is 402 g/mol. The average Bonchev–Trinajstić information content (AvgIpc) is 3.44. The fourth-order valence-corrected chi connectivity index (χ4v) is 3.33. The predicted octanol–water partition coefficient (Wildman–Crippen LogP) is 5.13. The van der Waals surface area contributed by atoms with Crippen molar-refractivity contribution in [1.29, 1.82) is 0 Å². The number of hydrogen-bond acceptors (Lipinski definition) is 7. The van der Waals surface area contributed by atoms with Gasteiger partial charge < -0.3 is 14.3 Å². The number of hydrazone groups is 1. The van der Waals surface area contributed by atoms with Crippen molar-refractivity contribution < 1.29 is 19.1 Å². The Hall–Kier alpha value is -3.91. The van der Waals surface area contributed by atoms with Crippen LogP contribution in [0.25, 0.3) is 11.3 Å². The van der Waals surface area contributed by atoms with Crippen LogP contribution in [0.1, 0.15) is 21.9 Å². The Balaban J connectivity index is 1.39. The molecule has 2 heterocycles. The number of hydrogen-bond donors (Lipinski definition) is 2. The lowest BCUT2D eigenvalue weighted by Gasteiger charge is -2.07. The Morgan fingerprint density at radius 1 is 1.13 bits per heavy atom. The van der Waals surface area contributed by atoms with E-state index in [-0.39, 0.29) is 12.4 Å². The van der Waals surface area contributed by atoms with Crippen LogP contribution in [0.5, 0.6) is 5.75 Å². The van der Waals surface area contributed by atoms with Crippen LogP contribution in [-0.2, 0) is 6.61 Å². The van der Waals surface area contributed by atoms with E-state index >= 15 is 0 Å². The van der Waals surface area contributed by atoms with Gasteiger partial charge in [-0.15, -0.1) is 11.3 Å². The van der Waals surface area contributed by atoms with Crippen LogP contribution in [0.4, 0.5) is 5.13 Å². The molecule has 0 bridgehead atoms. The largest absolute Gasteiger partial charge is 0.485 e. The summed E-state index contributed by atoms with van der Waals surface area (Å²) in [4.78, 5) is 15.4. The molecule has 0 amide bonds. The normalized spacial score (nSPS) is 10.9. The molecule has 0 aliphatic heterocycles. The van der Waals surface area contributed by atoms with E-state index in [2.05, 4.69) is 15.5 Å². The Labute approximate surface area is 176 Å². The number of aromatic nitrogens is 1. The van der Waals surface area contributed by atoms with Crippen molar-refractivity contribution in [1.82, 2.24) is 4.98 Å². The second-order valence-electron chi connectivity index (χ2n) is 6.17. The third-order valence-electron chi connectivity index (χ3n) is 4.10. The van der Waals surface area contributed by atoms with Crippen LogP contribution < -0.4 is 10.2 Å². The van der Waals surface area contributed by atoms with Gasteiger partial charge in [-0.1, -0.05) is 42.5 Å². The Kier molecular flexibility index (Phi) is 5.86. The number of carbonyl (C=O) groups is 1. The number of carboxylic acid groups (broad SMARTS) is 1. The van der Waals surface area contributed by atoms with Crippen LogP contribution in [0.15, 0.2) is 81.6 Å². The number of para-hydroxylation sites is 1. The van der Waals surface area contributed by atoms with E-state index < -0.39 is 5.97 Å². The van der Waals surface area contributed by atoms with E-state index in [0.29, 0.717) is 16.6 Å². The number of aromatic carboxylic acids is 1. The number of furan rings is 1. The number of ether oxygens (including phenoxy) is 1. The number of carboxylic acids is 1. The number of anilines is 1. The predicted molar refractivity (Wildman–Crippen MR) is 115 cm³/mol. The summed E-state index contributed by atoms with van der Waals surface area (Å²) >= 11 is 1.47. The lowest BCUT2D eigenvalue weighted by molar-refractivity contribution is 0.0658. The standard InChI is InChI=1S/C22H17N3O4S/c26-21(27)20-11-10-17(29-20)13-28-19-9-5-4-8-16(19)12-23-25-22-24-18(14-30-22)15-6-2-1-3-7-15/h1-12,14H,13H2,(H,24,25)(H,26,27). The highest BCUT2D eigenvalue weighted by atomic mass is 32.1. The van der Waals surface area contributed by atoms with E-state index in [1.165, 1.54) is 17.4 Å². The van der Waals surface area contributed by atoms with Gasteiger partial charge in [-0.05, 0) is 24.3 Å². The average molecular weight is 419 g/mol. The molecule has 4 aromatic rings. The molecule has 0 saturated heterocycles. The SMILES string of the molecule is O=C(O)c1ccc(COc2ccccc2C=NNc2nc(-c3ccccc3)cs2)o1. The van der Waals surface area contributed by atoms with E-state index in [9.17, 15) is 4.79 Å². The molecule has 2 N–H and O–H groups in total. The first-order valence-electron chi connectivity index (χ1n) is 9.03. The molecule has 8 heteroatoms. The summed E-state index contributed by atoms with van der Waals surface area (Å²) in [7, 11) is 0. The first-order valence-corrected chi connectivity index (χ1v) is 9.91. The number of rotatable bonds is 8. The molecule has 2 aromatic carbocycles. The van der Waals surface area contributed by atoms with Crippen molar-refractivity contribution in [3.8, 4) is 17.0 Å². The summed E-state index contributed by atoms with van der Waals surface area (Å²) in [5.74, 6) is -0.211. The summed E-state index contributed by atoms with van der Waals surface area (Å²) in [5, 5.41) is 15.8. The Morgan fingerprint density at radius 3 is 2.73 bits per heavy atom. The van der Waals surface area contributed by atoms with E-state index in [4.69, 9.17) is 14.3 Å². The van der Waals surface area contributed by atoms with Crippen molar-refractivity contribution in [3.63, 3.8) is 0 Å². The van der Waals surface area contributed by atoms with Gasteiger partial charge in [-0.2, -0.15) is 5.10 Å². The summed E-state index contributed by atoms with van der Waals surface area (Å²) in [6.45, 7) is 0.110. The zero-order chi connectivity index (χ0) is 20.8. The van der Waals surface area contributed by atoms with E-state index in [1.807, 2.05) is 53.9 Å². The molecule has 150 valence electrons. The molecule has 0 aliphatic carbocycles. The highest BCUT2D eigenvalue weighted by molar-refractivity contribution is 7.14. The van der Waals surface area contributed by atoms with Crippen LogP contribution in [0.2, 0.25) is 0 Å². The van der Waals surface area contributed by atoms with Crippen molar-refractivity contribution in [2.45, 2.75) is 6.61 Å². The van der Waals surface area contributed by atoms with Gasteiger partial charge in [0.25, 0.3) is 0 Å². The molecule has 2 aromatic heterocycles. The molecule has 0 atom stereocenters. The quantitative estimate of drug-likeness (QED) is 0.304. The maximum Gasteiger partial charge on any atom is 0.371 e. The van der Waals surface area contributed by atoms with Gasteiger partial charge in [0.1, 0.15) is 18.1 Å². The van der Waals surface area contributed by atoms with Gasteiger partial charge in [0.05, 0.1) is 11.9 Å². The van der Waals surface area contributed by atoms with Gasteiger partial charge in [0, 0.05) is 16.5 Å². The third kappa shape index (κ3) is 4.73. The molecule has 0 saturated carbocycles. The van der Waals surface area contributed by atoms with Gasteiger partial charge in [0.2, 0.25) is 10.9 Å². The van der Waals surface area contributed by atoms with Gasteiger partial charge in [-0.3, -0.25) is 5.43 Å². The lowest BCUT2D eigenvalue weighted by atomic mass is 10.2. The third-order valence-corrected chi connectivity index (χ3v) is 4.85. The molecule has 0 spiro atoms. The highest BCUT2D eigenvalue weighted by Gasteiger charge is 2.10. The molecule has 7 nitrogen and oxygen atoms in total. The zero-order valence-electron chi connectivity index (χ0n) is 15.7. The molecule has 0 aliphatic rings. The number of nitrogens with zero attached hydrogens (tertiary/aromatic N) is 2. The minimum atomic E-state index is -1.11. The molecule has 4 rings (SSSR count). The number of thiazole rings is 1. The van der Waals surface area contributed by atoms with E-state index in [1.54, 1.807) is 18.3 Å². The van der Waals surface area contributed by atoms with Gasteiger partial charge in [-0.25, -0.2) is 9.78 Å². The van der Waals surface area contributed by atoms with Crippen LogP contribution in [-0.4, -0.2) is 22.3 Å². The first-order chi connectivity index (χ1) is 14.7. The first kappa shape index (κ1) is 19.4. The fourth-order valence-electron chi connectivity index (χ4n) is 2.66. The van der Waals surface area contributed by atoms with E-state index in [0.717, 1.165) is 16.8 Å². The summed E-state index contributed by atoms with van der Waals surface area (Å²) in [5.41, 5.74) is 5.64. The minimum absolute atomic E-state index is 0.110. The Morgan fingerprint density at radius 2 is 1.93 bits per heavy atom. The smallest absolute Gasteiger partial charge is 0.371 e. The molecular formula is C22H17N3O4S.